The molecule has 9 nitrogen and oxygen atoms in total. The molecule has 0 N–H and O–H groups in total. The van der Waals surface area contributed by atoms with E-state index >= 15 is 0 Å². The highest BCUT2D eigenvalue weighted by Gasteiger charge is 2.39. The number of amides is 2. The van der Waals surface area contributed by atoms with Crippen molar-refractivity contribution in [3.8, 4) is 0 Å². The van der Waals surface area contributed by atoms with Crippen molar-refractivity contribution < 1.29 is 19.1 Å². The number of benzene rings is 1. The fourth-order valence-corrected chi connectivity index (χ4v) is 4.63. The first-order valence-electron chi connectivity index (χ1n) is 9.79. The lowest BCUT2D eigenvalue weighted by Gasteiger charge is -2.35. The first-order valence-corrected chi connectivity index (χ1v) is 10.6. The van der Waals surface area contributed by atoms with Gasteiger partial charge in [-0.25, -0.2) is 4.79 Å². The average Bonchev–Trinajstić information content (AvgIpc) is 3.38. The number of esters is 1. The van der Waals surface area contributed by atoms with Gasteiger partial charge in [0.2, 0.25) is 16.9 Å². The minimum absolute atomic E-state index is 0.0190. The number of nitrogens with zero attached hydrogens (tertiary/aromatic N) is 5. The molecule has 3 heterocycles. The summed E-state index contributed by atoms with van der Waals surface area (Å²) in [6.07, 6.45) is 0.143. The maximum Gasteiger partial charge on any atom is 0.339 e. The molecule has 2 aliphatic rings. The van der Waals surface area contributed by atoms with Crippen LogP contribution in [0.25, 0.3) is 0 Å². The molecule has 0 radical (unpaired) electrons. The molecule has 2 aromatic rings. The zero-order valence-corrected chi connectivity index (χ0v) is 17.7. The molecular formula is C20H23N5O4S. The summed E-state index contributed by atoms with van der Waals surface area (Å²) in [5, 5.41) is 10.0. The summed E-state index contributed by atoms with van der Waals surface area (Å²) in [5.74, 6) is -1.10. The number of rotatable bonds is 4. The van der Waals surface area contributed by atoms with Crippen molar-refractivity contribution in [1.82, 2.24) is 15.1 Å². The van der Waals surface area contributed by atoms with Crippen LogP contribution in [0.15, 0.2) is 24.3 Å². The number of aryl methyl sites for hydroxylation is 1. The van der Waals surface area contributed by atoms with E-state index in [0.29, 0.717) is 37.4 Å². The van der Waals surface area contributed by atoms with E-state index in [9.17, 15) is 14.4 Å². The minimum atomic E-state index is -0.504. The topological polar surface area (TPSA) is 95.9 Å². The summed E-state index contributed by atoms with van der Waals surface area (Å²) in [7, 11) is 1.31. The number of methoxy groups -OCH3 is 1. The van der Waals surface area contributed by atoms with Crippen molar-refractivity contribution in [1.29, 1.82) is 0 Å². The number of carbonyl (C=O) groups excluding carboxylic acids is 3. The van der Waals surface area contributed by atoms with E-state index in [4.69, 9.17) is 4.74 Å². The molecule has 4 rings (SSSR count). The van der Waals surface area contributed by atoms with Crippen LogP contribution in [-0.4, -0.2) is 72.7 Å². The highest BCUT2D eigenvalue weighted by Crippen LogP contribution is 2.30. The molecule has 2 amide bonds. The normalized spacial score (nSPS) is 19.3. The van der Waals surface area contributed by atoms with Gasteiger partial charge >= 0.3 is 5.97 Å². The molecule has 2 saturated heterocycles. The Morgan fingerprint density at radius 3 is 2.53 bits per heavy atom. The molecule has 0 bridgehead atoms. The Morgan fingerprint density at radius 2 is 1.87 bits per heavy atom. The number of hydrogen-bond donors (Lipinski definition) is 0. The van der Waals surface area contributed by atoms with E-state index in [1.165, 1.54) is 12.0 Å². The fourth-order valence-electron chi connectivity index (χ4n) is 3.89. The largest absolute Gasteiger partial charge is 0.465 e. The first kappa shape index (κ1) is 20.3. The second-order valence-corrected chi connectivity index (χ2v) is 8.49. The molecule has 1 unspecified atom stereocenters. The summed E-state index contributed by atoms with van der Waals surface area (Å²) < 4.78 is 4.82. The van der Waals surface area contributed by atoms with Gasteiger partial charge in [0, 0.05) is 39.1 Å². The zero-order valence-electron chi connectivity index (χ0n) is 16.9. The van der Waals surface area contributed by atoms with Crippen molar-refractivity contribution in [3.63, 3.8) is 0 Å². The van der Waals surface area contributed by atoms with Gasteiger partial charge in [-0.05, 0) is 19.1 Å². The highest BCUT2D eigenvalue weighted by atomic mass is 32.1. The SMILES string of the molecule is COC(=O)c1ccccc1N1CC(C(=O)N2CCN(c3nnc(C)s3)CC2)CC1=O. The monoisotopic (exact) mass is 429 g/mol. The van der Waals surface area contributed by atoms with Crippen LogP contribution in [0.3, 0.4) is 0 Å². The van der Waals surface area contributed by atoms with E-state index in [-0.39, 0.29) is 24.8 Å². The summed E-state index contributed by atoms with van der Waals surface area (Å²) in [6.45, 7) is 4.73. The van der Waals surface area contributed by atoms with Crippen molar-refractivity contribution in [3.05, 3.63) is 34.8 Å². The molecule has 2 aliphatic heterocycles. The Bertz CT molecular complexity index is 970. The predicted molar refractivity (Wildman–Crippen MR) is 112 cm³/mol. The van der Waals surface area contributed by atoms with Gasteiger partial charge in [-0.1, -0.05) is 23.5 Å². The number of anilines is 2. The Kier molecular flexibility index (Phi) is 5.67. The van der Waals surface area contributed by atoms with Gasteiger partial charge in [0.15, 0.2) is 0 Å². The van der Waals surface area contributed by atoms with Crippen molar-refractivity contribution >= 4 is 39.9 Å². The molecule has 0 saturated carbocycles. The third kappa shape index (κ3) is 3.87. The Labute approximate surface area is 178 Å². The molecule has 1 atom stereocenters. The number of para-hydroxylation sites is 1. The maximum atomic E-state index is 13.1. The van der Waals surface area contributed by atoms with Gasteiger partial charge in [0.05, 0.1) is 24.3 Å². The second kappa shape index (κ2) is 8.39. The Balaban J connectivity index is 1.41. The lowest BCUT2D eigenvalue weighted by molar-refractivity contribution is -0.136. The maximum absolute atomic E-state index is 13.1. The fraction of sp³-hybridized carbons (Fsp3) is 0.450. The third-order valence-electron chi connectivity index (χ3n) is 5.45. The molecule has 0 aliphatic carbocycles. The Hall–Kier alpha value is -3.01. The highest BCUT2D eigenvalue weighted by molar-refractivity contribution is 7.15. The summed E-state index contributed by atoms with van der Waals surface area (Å²) in [4.78, 5) is 43.2. The second-order valence-electron chi connectivity index (χ2n) is 7.33. The number of ether oxygens (including phenoxy) is 1. The zero-order chi connectivity index (χ0) is 21.3. The lowest BCUT2D eigenvalue weighted by atomic mass is 10.1. The molecule has 30 heavy (non-hydrogen) atoms. The van der Waals surface area contributed by atoms with Crippen LogP contribution in [0.2, 0.25) is 0 Å². The molecule has 10 heteroatoms. The van der Waals surface area contributed by atoms with Gasteiger partial charge in [-0.2, -0.15) is 0 Å². The molecule has 0 spiro atoms. The molecule has 1 aromatic carbocycles. The van der Waals surface area contributed by atoms with E-state index in [1.807, 2.05) is 11.8 Å². The van der Waals surface area contributed by atoms with Gasteiger partial charge in [-0.3, -0.25) is 9.59 Å². The number of hydrogen-bond acceptors (Lipinski definition) is 8. The summed E-state index contributed by atoms with van der Waals surface area (Å²) in [6, 6.07) is 6.81. The van der Waals surface area contributed by atoms with Gasteiger partial charge in [0.1, 0.15) is 5.01 Å². The van der Waals surface area contributed by atoms with Crippen LogP contribution >= 0.6 is 11.3 Å². The van der Waals surface area contributed by atoms with Crippen molar-refractivity contribution in [2.24, 2.45) is 5.92 Å². The molecule has 1 aromatic heterocycles. The van der Waals surface area contributed by atoms with E-state index < -0.39 is 11.9 Å². The lowest BCUT2D eigenvalue weighted by Crippen LogP contribution is -2.50. The van der Waals surface area contributed by atoms with Crippen LogP contribution in [0.5, 0.6) is 0 Å². The average molecular weight is 430 g/mol. The van der Waals surface area contributed by atoms with E-state index in [1.54, 1.807) is 35.6 Å². The number of carbonyl (C=O) groups is 3. The minimum Gasteiger partial charge on any atom is -0.465 e. The van der Waals surface area contributed by atoms with E-state index in [2.05, 4.69) is 15.1 Å². The van der Waals surface area contributed by atoms with Crippen LogP contribution in [-0.2, 0) is 14.3 Å². The van der Waals surface area contributed by atoms with Crippen molar-refractivity contribution in [2.45, 2.75) is 13.3 Å². The third-order valence-corrected chi connectivity index (χ3v) is 6.35. The van der Waals surface area contributed by atoms with E-state index in [0.717, 1.165) is 10.1 Å². The van der Waals surface area contributed by atoms with Gasteiger partial charge in [-0.15, -0.1) is 10.2 Å². The van der Waals surface area contributed by atoms with Crippen LogP contribution in [0, 0.1) is 12.8 Å². The standard InChI is InChI=1S/C20H23N5O4S/c1-13-21-22-20(30-13)24-9-7-23(8-10-24)18(27)14-11-17(26)25(12-14)16-6-4-3-5-15(16)19(28)29-2/h3-6,14H,7-12H2,1-2H3. The van der Waals surface area contributed by atoms with Crippen LogP contribution < -0.4 is 9.80 Å². The summed E-state index contributed by atoms with van der Waals surface area (Å²) >= 11 is 1.54. The van der Waals surface area contributed by atoms with Crippen molar-refractivity contribution in [2.75, 3.05) is 49.6 Å². The van der Waals surface area contributed by atoms with Gasteiger partial charge < -0.3 is 19.4 Å². The molecular weight excluding hydrogens is 406 g/mol. The predicted octanol–water partition coefficient (Wildman–Crippen LogP) is 1.33. The van der Waals surface area contributed by atoms with Crippen LogP contribution in [0.4, 0.5) is 10.8 Å². The summed E-state index contributed by atoms with van der Waals surface area (Å²) in [5.41, 5.74) is 0.809. The number of piperazine rings is 1. The number of aromatic nitrogens is 2. The Morgan fingerprint density at radius 1 is 1.13 bits per heavy atom. The molecule has 158 valence electrons. The first-order chi connectivity index (χ1) is 14.5. The molecule has 2 fully saturated rings. The smallest absolute Gasteiger partial charge is 0.339 e. The van der Waals surface area contributed by atoms with Gasteiger partial charge in [0.25, 0.3) is 0 Å². The quantitative estimate of drug-likeness (QED) is 0.677. The van der Waals surface area contributed by atoms with Crippen LogP contribution in [0.1, 0.15) is 21.8 Å².